The molecule has 0 aliphatic carbocycles. The summed E-state index contributed by atoms with van der Waals surface area (Å²) >= 11 is 5.89. The van der Waals surface area contributed by atoms with Crippen LogP contribution in [0.15, 0.2) is 18.5 Å². The van der Waals surface area contributed by atoms with Crippen LogP contribution < -0.4 is 5.32 Å². The Bertz CT molecular complexity index is 470. The van der Waals surface area contributed by atoms with E-state index >= 15 is 0 Å². The Balaban J connectivity index is 1.92. The fourth-order valence-electron chi connectivity index (χ4n) is 1.36. The first-order valence-electron chi connectivity index (χ1n) is 5.39. The van der Waals surface area contributed by atoms with Gasteiger partial charge < -0.3 is 5.32 Å². The first-order valence-corrected chi connectivity index (χ1v) is 5.77. The van der Waals surface area contributed by atoms with Crippen LogP contribution in [0.1, 0.15) is 12.7 Å². The van der Waals surface area contributed by atoms with Crippen molar-refractivity contribution in [1.82, 2.24) is 25.0 Å². The summed E-state index contributed by atoms with van der Waals surface area (Å²) in [4.78, 5) is 8.42. The lowest BCUT2D eigenvalue weighted by atomic mass is 10.4. The summed E-state index contributed by atoms with van der Waals surface area (Å²) < 4.78 is 1.75. The number of hydrogen-bond donors (Lipinski definition) is 1. The number of anilines is 1. The molecule has 0 spiro atoms. The Kier molecular flexibility index (Phi) is 3.87. The molecule has 1 N–H and O–H groups in total. The Morgan fingerprint density at radius 1 is 1.41 bits per heavy atom. The van der Waals surface area contributed by atoms with Crippen molar-refractivity contribution in [1.29, 1.82) is 0 Å². The zero-order chi connectivity index (χ0) is 12.1. The molecule has 90 valence electrons. The Morgan fingerprint density at radius 2 is 2.29 bits per heavy atom. The predicted molar refractivity (Wildman–Crippen MR) is 64.9 cm³/mol. The van der Waals surface area contributed by atoms with Crippen molar-refractivity contribution in [3.05, 3.63) is 29.4 Å². The maximum atomic E-state index is 5.89. The molecule has 2 rings (SSSR count). The second kappa shape index (κ2) is 5.58. The minimum atomic E-state index is 0.458. The van der Waals surface area contributed by atoms with Crippen molar-refractivity contribution in [2.75, 3.05) is 11.9 Å². The van der Waals surface area contributed by atoms with Crippen molar-refractivity contribution in [2.24, 2.45) is 0 Å². The molecule has 0 atom stereocenters. The fraction of sp³-hybridized carbons (Fsp3) is 0.400. The molecule has 7 heteroatoms. The number of nitrogens with zero attached hydrogens (tertiary/aromatic N) is 5. The molecule has 2 heterocycles. The zero-order valence-electron chi connectivity index (χ0n) is 9.47. The van der Waals surface area contributed by atoms with Crippen molar-refractivity contribution in [3.8, 4) is 0 Å². The molecule has 6 nitrogen and oxygen atoms in total. The maximum absolute atomic E-state index is 5.89. The molecule has 0 aromatic carbocycles. The molecule has 2 aromatic rings. The number of aromatic nitrogens is 5. The summed E-state index contributed by atoms with van der Waals surface area (Å²) in [5.41, 5.74) is 0. The van der Waals surface area contributed by atoms with E-state index in [1.165, 1.54) is 0 Å². The fourth-order valence-corrected chi connectivity index (χ4v) is 1.56. The molecule has 0 radical (unpaired) electrons. The van der Waals surface area contributed by atoms with Gasteiger partial charge in [-0.3, -0.25) is 4.68 Å². The van der Waals surface area contributed by atoms with Gasteiger partial charge in [-0.1, -0.05) is 23.7 Å². The van der Waals surface area contributed by atoms with E-state index in [9.17, 15) is 0 Å². The Morgan fingerprint density at radius 3 is 3.00 bits per heavy atom. The van der Waals surface area contributed by atoms with Crippen LogP contribution in [0.5, 0.6) is 0 Å². The monoisotopic (exact) mass is 252 g/mol. The molecule has 0 fully saturated rings. The van der Waals surface area contributed by atoms with E-state index in [2.05, 4.69) is 25.6 Å². The summed E-state index contributed by atoms with van der Waals surface area (Å²) in [6, 6.07) is 1.71. The second-order valence-electron chi connectivity index (χ2n) is 3.44. The molecule has 17 heavy (non-hydrogen) atoms. The largest absolute Gasteiger partial charge is 0.368 e. The van der Waals surface area contributed by atoms with E-state index in [0.717, 1.165) is 24.6 Å². The first kappa shape index (κ1) is 11.8. The van der Waals surface area contributed by atoms with Crippen LogP contribution in [0.3, 0.4) is 0 Å². The van der Waals surface area contributed by atoms with Gasteiger partial charge in [-0.05, 0) is 0 Å². The van der Waals surface area contributed by atoms with Gasteiger partial charge in [0.05, 0.1) is 12.7 Å². The van der Waals surface area contributed by atoms with Crippen molar-refractivity contribution < 1.29 is 0 Å². The summed E-state index contributed by atoms with van der Waals surface area (Å²) in [6.45, 7) is 3.42. The van der Waals surface area contributed by atoms with E-state index in [1.54, 1.807) is 16.9 Å². The number of nitrogens with one attached hydrogen (secondary N) is 1. The highest BCUT2D eigenvalue weighted by atomic mass is 35.5. The van der Waals surface area contributed by atoms with Crippen LogP contribution in [0.4, 0.5) is 5.82 Å². The average molecular weight is 253 g/mol. The highest BCUT2D eigenvalue weighted by Gasteiger charge is 2.01. The maximum Gasteiger partial charge on any atom is 0.134 e. The summed E-state index contributed by atoms with van der Waals surface area (Å²) in [5.74, 6) is 1.47. The average Bonchev–Trinajstić information content (AvgIpc) is 2.81. The van der Waals surface area contributed by atoms with Gasteiger partial charge in [-0.25, -0.2) is 9.97 Å². The lowest BCUT2D eigenvalue weighted by molar-refractivity contribution is 0.608. The third-order valence-electron chi connectivity index (χ3n) is 2.18. The molecule has 0 aliphatic rings. The molecular formula is C10H13ClN6. The highest BCUT2D eigenvalue weighted by Crippen LogP contribution is 2.11. The molecule has 0 saturated carbocycles. The van der Waals surface area contributed by atoms with Gasteiger partial charge in [0.15, 0.2) is 0 Å². The standard InChI is InChI=1S/C10H13ClN6/c1-2-9-14-8(11)7-10(15-9)12-3-5-17-6-4-13-16-17/h4,6-7H,2-3,5H2,1H3,(H,12,14,15). The molecular weight excluding hydrogens is 240 g/mol. The number of halogens is 1. The zero-order valence-corrected chi connectivity index (χ0v) is 10.2. The van der Waals surface area contributed by atoms with E-state index in [-0.39, 0.29) is 0 Å². The Hall–Kier alpha value is -1.69. The summed E-state index contributed by atoms with van der Waals surface area (Å²) in [5, 5.41) is 11.2. The van der Waals surface area contributed by atoms with Crippen LogP contribution in [0.2, 0.25) is 5.15 Å². The SMILES string of the molecule is CCc1nc(Cl)cc(NCCn2ccnn2)n1. The third kappa shape index (κ3) is 3.39. The summed E-state index contributed by atoms with van der Waals surface area (Å²) in [6.07, 6.45) is 4.22. The van der Waals surface area contributed by atoms with Gasteiger partial charge in [0.1, 0.15) is 16.8 Å². The van der Waals surface area contributed by atoms with Crippen molar-refractivity contribution in [3.63, 3.8) is 0 Å². The third-order valence-corrected chi connectivity index (χ3v) is 2.37. The molecule has 0 bridgehead atoms. The lowest BCUT2D eigenvalue weighted by Gasteiger charge is -2.06. The van der Waals surface area contributed by atoms with Gasteiger partial charge in [0.25, 0.3) is 0 Å². The van der Waals surface area contributed by atoms with Crippen LogP contribution in [0, 0.1) is 0 Å². The van der Waals surface area contributed by atoms with Gasteiger partial charge in [0.2, 0.25) is 0 Å². The number of hydrogen-bond acceptors (Lipinski definition) is 5. The number of rotatable bonds is 5. The molecule has 0 aliphatic heterocycles. The smallest absolute Gasteiger partial charge is 0.134 e. The van der Waals surface area contributed by atoms with Crippen LogP contribution >= 0.6 is 11.6 Å². The predicted octanol–water partition coefficient (Wildman–Crippen LogP) is 1.40. The van der Waals surface area contributed by atoms with E-state index < -0.39 is 0 Å². The minimum absolute atomic E-state index is 0.458. The topological polar surface area (TPSA) is 68.5 Å². The van der Waals surface area contributed by atoms with Crippen molar-refractivity contribution >= 4 is 17.4 Å². The first-order chi connectivity index (χ1) is 8.28. The molecule has 0 unspecified atom stereocenters. The second-order valence-corrected chi connectivity index (χ2v) is 3.83. The quantitative estimate of drug-likeness (QED) is 0.815. The van der Waals surface area contributed by atoms with Crippen LogP contribution in [-0.4, -0.2) is 31.5 Å². The lowest BCUT2D eigenvalue weighted by Crippen LogP contribution is -2.12. The summed E-state index contributed by atoms with van der Waals surface area (Å²) in [7, 11) is 0. The van der Waals surface area contributed by atoms with Gasteiger partial charge >= 0.3 is 0 Å². The highest BCUT2D eigenvalue weighted by molar-refractivity contribution is 6.29. The van der Waals surface area contributed by atoms with Crippen LogP contribution in [0.25, 0.3) is 0 Å². The van der Waals surface area contributed by atoms with E-state index in [0.29, 0.717) is 11.7 Å². The van der Waals surface area contributed by atoms with Gasteiger partial charge in [-0.2, -0.15) is 0 Å². The van der Waals surface area contributed by atoms with Crippen molar-refractivity contribution in [2.45, 2.75) is 19.9 Å². The van der Waals surface area contributed by atoms with Gasteiger partial charge in [-0.15, -0.1) is 5.10 Å². The number of aryl methyl sites for hydroxylation is 1. The molecule has 0 amide bonds. The Labute approximate surface area is 104 Å². The van der Waals surface area contributed by atoms with E-state index in [4.69, 9.17) is 11.6 Å². The normalized spacial score (nSPS) is 10.5. The van der Waals surface area contributed by atoms with Crippen LogP contribution in [-0.2, 0) is 13.0 Å². The molecule has 2 aromatic heterocycles. The van der Waals surface area contributed by atoms with E-state index in [1.807, 2.05) is 13.1 Å². The minimum Gasteiger partial charge on any atom is -0.368 e. The van der Waals surface area contributed by atoms with Gasteiger partial charge in [0, 0.05) is 25.2 Å². The molecule has 0 saturated heterocycles.